The fraction of sp³-hybridized carbons (Fsp3) is 0.533. The van der Waals surface area contributed by atoms with Gasteiger partial charge in [0.1, 0.15) is 5.75 Å². The molecule has 0 saturated heterocycles. The van der Waals surface area contributed by atoms with Gasteiger partial charge in [-0.15, -0.1) is 0 Å². The van der Waals surface area contributed by atoms with E-state index in [1.807, 2.05) is 32.0 Å². The van der Waals surface area contributed by atoms with Crippen LogP contribution in [0.2, 0.25) is 0 Å². The number of carbonyl (C=O) groups excluding carboxylic acids is 1. The number of rotatable bonds is 7. The van der Waals surface area contributed by atoms with Crippen LogP contribution in [0.1, 0.15) is 31.9 Å². The Morgan fingerprint density at radius 2 is 2.05 bits per heavy atom. The van der Waals surface area contributed by atoms with E-state index in [0.717, 1.165) is 11.1 Å². The lowest BCUT2D eigenvalue weighted by atomic mass is 10.1. The van der Waals surface area contributed by atoms with E-state index in [2.05, 4.69) is 0 Å². The van der Waals surface area contributed by atoms with E-state index in [4.69, 9.17) is 14.2 Å². The van der Waals surface area contributed by atoms with Crippen molar-refractivity contribution in [2.75, 3.05) is 13.7 Å². The highest BCUT2D eigenvalue weighted by molar-refractivity contribution is 5.73. The maximum Gasteiger partial charge on any atom is 0.310 e. The van der Waals surface area contributed by atoms with E-state index in [0.29, 0.717) is 19.0 Å². The molecule has 0 N–H and O–H groups in total. The van der Waals surface area contributed by atoms with Crippen LogP contribution in [-0.4, -0.2) is 25.8 Å². The maximum atomic E-state index is 11.5. The third kappa shape index (κ3) is 5.30. The zero-order valence-electron chi connectivity index (χ0n) is 12.1. The average molecular weight is 266 g/mol. The molecule has 0 bridgehead atoms. The summed E-state index contributed by atoms with van der Waals surface area (Å²) in [5.41, 5.74) is 1.85. The second-order valence-corrected chi connectivity index (χ2v) is 4.49. The summed E-state index contributed by atoms with van der Waals surface area (Å²) in [4.78, 5) is 11.5. The molecule has 0 aliphatic rings. The van der Waals surface area contributed by atoms with Gasteiger partial charge in [-0.25, -0.2) is 0 Å². The van der Waals surface area contributed by atoms with Crippen LogP contribution in [0.3, 0.4) is 0 Å². The highest BCUT2D eigenvalue weighted by Gasteiger charge is 2.10. The third-order valence-corrected chi connectivity index (χ3v) is 2.57. The molecule has 0 aliphatic carbocycles. The van der Waals surface area contributed by atoms with E-state index in [1.54, 1.807) is 14.0 Å². The summed E-state index contributed by atoms with van der Waals surface area (Å²) in [6.45, 7) is 6.68. The van der Waals surface area contributed by atoms with Gasteiger partial charge < -0.3 is 14.2 Å². The van der Waals surface area contributed by atoms with Crippen molar-refractivity contribution < 1.29 is 19.0 Å². The fourth-order valence-corrected chi connectivity index (χ4v) is 1.69. The smallest absolute Gasteiger partial charge is 0.310 e. The highest BCUT2D eigenvalue weighted by Crippen LogP contribution is 2.21. The quantitative estimate of drug-likeness (QED) is 0.712. The summed E-state index contributed by atoms with van der Waals surface area (Å²) in [5.74, 6) is 0.448. The Morgan fingerprint density at radius 1 is 1.32 bits per heavy atom. The number of benzene rings is 1. The maximum absolute atomic E-state index is 11.5. The van der Waals surface area contributed by atoms with E-state index >= 15 is 0 Å². The van der Waals surface area contributed by atoms with Crippen LogP contribution < -0.4 is 4.74 Å². The van der Waals surface area contributed by atoms with Crippen molar-refractivity contribution in [1.82, 2.24) is 0 Å². The number of hydrogen-bond acceptors (Lipinski definition) is 4. The van der Waals surface area contributed by atoms with Crippen molar-refractivity contribution in [2.45, 2.75) is 39.9 Å². The second-order valence-electron chi connectivity index (χ2n) is 4.49. The van der Waals surface area contributed by atoms with Crippen molar-refractivity contribution in [3.8, 4) is 5.75 Å². The summed E-state index contributed by atoms with van der Waals surface area (Å²) in [6, 6.07) is 5.72. The summed E-state index contributed by atoms with van der Waals surface area (Å²) in [5, 5.41) is 0. The number of hydrogen-bond donors (Lipinski definition) is 0. The van der Waals surface area contributed by atoms with Gasteiger partial charge in [-0.2, -0.15) is 0 Å². The Labute approximate surface area is 114 Å². The van der Waals surface area contributed by atoms with Gasteiger partial charge in [0.2, 0.25) is 0 Å². The molecule has 0 radical (unpaired) electrons. The Kier molecular flexibility index (Phi) is 6.36. The molecule has 4 heteroatoms. The van der Waals surface area contributed by atoms with E-state index in [1.165, 1.54) is 0 Å². The van der Waals surface area contributed by atoms with Crippen molar-refractivity contribution in [1.29, 1.82) is 0 Å². The molecule has 1 rings (SSSR count). The van der Waals surface area contributed by atoms with Gasteiger partial charge in [-0.3, -0.25) is 4.79 Å². The van der Waals surface area contributed by atoms with Crippen LogP contribution in [0, 0.1) is 0 Å². The Balaban J connectivity index is 2.80. The van der Waals surface area contributed by atoms with Crippen molar-refractivity contribution in [3.05, 3.63) is 29.3 Å². The van der Waals surface area contributed by atoms with Gasteiger partial charge in [-0.1, -0.05) is 6.07 Å². The first kappa shape index (κ1) is 15.5. The summed E-state index contributed by atoms with van der Waals surface area (Å²) >= 11 is 0. The summed E-state index contributed by atoms with van der Waals surface area (Å²) in [6.07, 6.45) is 0.391. The summed E-state index contributed by atoms with van der Waals surface area (Å²) in [7, 11) is 1.59. The SMILES string of the molecule is CCOC(=O)Cc1cc(COC(C)C)ccc1OC. The Bertz CT molecular complexity index is 413. The highest BCUT2D eigenvalue weighted by atomic mass is 16.5. The first-order valence-electron chi connectivity index (χ1n) is 6.49. The van der Waals surface area contributed by atoms with Crippen LogP contribution in [0.25, 0.3) is 0 Å². The molecule has 4 nitrogen and oxygen atoms in total. The monoisotopic (exact) mass is 266 g/mol. The van der Waals surface area contributed by atoms with Crippen molar-refractivity contribution in [3.63, 3.8) is 0 Å². The molecule has 0 heterocycles. The lowest BCUT2D eigenvalue weighted by Crippen LogP contribution is -2.09. The van der Waals surface area contributed by atoms with Gasteiger partial charge in [0, 0.05) is 5.56 Å². The lowest BCUT2D eigenvalue weighted by Gasteiger charge is -2.12. The molecule has 19 heavy (non-hydrogen) atoms. The van der Waals surface area contributed by atoms with Crippen LogP contribution in [0.4, 0.5) is 0 Å². The zero-order chi connectivity index (χ0) is 14.3. The first-order valence-corrected chi connectivity index (χ1v) is 6.49. The Hall–Kier alpha value is -1.55. The molecular formula is C15H22O4. The molecule has 0 saturated carbocycles. The van der Waals surface area contributed by atoms with Crippen LogP contribution in [-0.2, 0) is 27.3 Å². The molecule has 0 aliphatic heterocycles. The number of carbonyl (C=O) groups is 1. The summed E-state index contributed by atoms with van der Waals surface area (Å²) < 4.78 is 15.8. The molecule has 1 aromatic rings. The van der Waals surface area contributed by atoms with Crippen molar-refractivity contribution in [2.24, 2.45) is 0 Å². The van der Waals surface area contributed by atoms with Gasteiger partial charge >= 0.3 is 5.97 Å². The predicted molar refractivity (Wildman–Crippen MR) is 73.3 cm³/mol. The number of esters is 1. The van der Waals surface area contributed by atoms with Crippen LogP contribution in [0.15, 0.2) is 18.2 Å². The zero-order valence-corrected chi connectivity index (χ0v) is 12.1. The fourth-order valence-electron chi connectivity index (χ4n) is 1.69. The minimum atomic E-state index is -0.247. The molecule has 0 unspecified atom stereocenters. The van der Waals surface area contributed by atoms with Gasteiger partial charge in [0.25, 0.3) is 0 Å². The van der Waals surface area contributed by atoms with Gasteiger partial charge in [0.05, 0.1) is 32.8 Å². The van der Waals surface area contributed by atoms with Crippen LogP contribution in [0.5, 0.6) is 5.75 Å². The minimum Gasteiger partial charge on any atom is -0.496 e. The van der Waals surface area contributed by atoms with Gasteiger partial charge in [0.15, 0.2) is 0 Å². The molecule has 0 aromatic heterocycles. The molecule has 0 amide bonds. The molecule has 106 valence electrons. The van der Waals surface area contributed by atoms with Crippen molar-refractivity contribution >= 4 is 5.97 Å². The standard InChI is InChI=1S/C15H22O4/c1-5-18-15(16)9-13-8-12(10-19-11(2)3)6-7-14(13)17-4/h6-8,11H,5,9-10H2,1-4H3. The molecule has 0 atom stereocenters. The largest absolute Gasteiger partial charge is 0.496 e. The van der Waals surface area contributed by atoms with Crippen LogP contribution >= 0.6 is 0 Å². The molecule has 0 spiro atoms. The minimum absolute atomic E-state index is 0.176. The molecule has 1 aromatic carbocycles. The number of ether oxygens (including phenoxy) is 3. The third-order valence-electron chi connectivity index (χ3n) is 2.57. The topological polar surface area (TPSA) is 44.8 Å². The second kappa shape index (κ2) is 7.79. The van der Waals surface area contributed by atoms with E-state index in [-0.39, 0.29) is 18.5 Å². The molecular weight excluding hydrogens is 244 g/mol. The Morgan fingerprint density at radius 3 is 2.63 bits per heavy atom. The molecule has 0 fully saturated rings. The lowest BCUT2D eigenvalue weighted by molar-refractivity contribution is -0.142. The number of methoxy groups -OCH3 is 1. The average Bonchev–Trinajstić information content (AvgIpc) is 2.36. The van der Waals surface area contributed by atoms with Gasteiger partial charge in [-0.05, 0) is 38.5 Å². The predicted octanol–water partition coefficient (Wildman–Crippen LogP) is 2.73. The normalized spacial score (nSPS) is 10.6. The first-order chi connectivity index (χ1) is 9.06. The van der Waals surface area contributed by atoms with E-state index in [9.17, 15) is 4.79 Å². The van der Waals surface area contributed by atoms with E-state index < -0.39 is 0 Å².